The van der Waals surface area contributed by atoms with Gasteiger partial charge in [0.05, 0.1) is 22.8 Å². The van der Waals surface area contributed by atoms with E-state index in [2.05, 4.69) is 26.5 Å². The zero-order chi connectivity index (χ0) is 18.1. The van der Waals surface area contributed by atoms with Gasteiger partial charge in [0, 0.05) is 18.6 Å². The number of carbonyl (C=O) groups is 1. The molecule has 3 rings (SSSR count). The lowest BCUT2D eigenvalue weighted by Crippen LogP contribution is -2.19. The fourth-order valence-corrected chi connectivity index (χ4v) is 2.88. The Morgan fingerprint density at radius 2 is 1.88 bits per heavy atom. The van der Waals surface area contributed by atoms with Gasteiger partial charge in [-0.05, 0) is 35.9 Å². The summed E-state index contributed by atoms with van der Waals surface area (Å²) in [5, 5.41) is 13.6. The Balaban J connectivity index is 1.81. The number of halogens is 1. The Bertz CT molecular complexity index is 1070. The molecule has 0 aliphatic heterocycles. The number of aryl methyl sites for hydroxylation is 2. The van der Waals surface area contributed by atoms with Crippen LogP contribution in [-0.2, 0) is 14.1 Å². The van der Waals surface area contributed by atoms with E-state index in [0.717, 1.165) is 16.6 Å². The number of benzene rings is 2. The van der Waals surface area contributed by atoms with Crippen LogP contribution in [-0.4, -0.2) is 26.4 Å². The summed E-state index contributed by atoms with van der Waals surface area (Å²) >= 11 is 3.25. The van der Waals surface area contributed by atoms with Crippen LogP contribution in [0.3, 0.4) is 0 Å². The zero-order valence-corrected chi connectivity index (χ0v) is 15.1. The first-order valence-electron chi connectivity index (χ1n) is 7.36. The number of fused-ring (bicyclic) bond motifs is 1. The number of rotatable bonds is 3. The van der Waals surface area contributed by atoms with Crippen molar-refractivity contribution < 1.29 is 9.90 Å². The number of hydrogen-bond acceptors (Lipinski definition) is 4. The van der Waals surface area contributed by atoms with E-state index in [-0.39, 0.29) is 17.0 Å². The van der Waals surface area contributed by atoms with Crippen LogP contribution >= 0.6 is 15.9 Å². The number of carbonyl (C=O) groups excluding carboxylic acids is 1. The number of hydrazone groups is 1. The van der Waals surface area contributed by atoms with E-state index in [1.54, 1.807) is 35.4 Å². The fraction of sp³-hybridized carbons (Fsp3) is 0.118. The van der Waals surface area contributed by atoms with Gasteiger partial charge in [-0.15, -0.1) is 0 Å². The summed E-state index contributed by atoms with van der Waals surface area (Å²) in [5.41, 5.74) is 4.69. The zero-order valence-electron chi connectivity index (χ0n) is 13.5. The average molecular weight is 403 g/mol. The Morgan fingerprint density at radius 3 is 2.64 bits per heavy atom. The van der Waals surface area contributed by atoms with Crippen molar-refractivity contribution in [3.8, 4) is 5.75 Å². The highest BCUT2D eigenvalue weighted by atomic mass is 79.9. The smallest absolute Gasteiger partial charge is 0.328 e. The summed E-state index contributed by atoms with van der Waals surface area (Å²) < 4.78 is 3.79. The Morgan fingerprint density at radius 1 is 1.16 bits per heavy atom. The van der Waals surface area contributed by atoms with Gasteiger partial charge in [-0.2, -0.15) is 5.10 Å². The normalized spacial score (nSPS) is 11.3. The predicted molar refractivity (Wildman–Crippen MR) is 99.0 cm³/mol. The average Bonchev–Trinajstić information content (AvgIpc) is 2.81. The monoisotopic (exact) mass is 402 g/mol. The number of nitrogens with zero attached hydrogens (tertiary/aromatic N) is 3. The number of nitrogens with one attached hydrogen (secondary N) is 1. The summed E-state index contributed by atoms with van der Waals surface area (Å²) in [7, 11) is 3.41. The summed E-state index contributed by atoms with van der Waals surface area (Å²) in [6.45, 7) is 0. The fourth-order valence-electron chi connectivity index (χ4n) is 2.52. The van der Waals surface area contributed by atoms with Crippen LogP contribution in [0, 0.1) is 0 Å². The second kappa shape index (κ2) is 6.56. The molecule has 0 fully saturated rings. The molecule has 0 aliphatic carbocycles. The standard InChI is InChI=1S/C17H15BrN4O3/c1-21-13-5-3-10(7-14(13)22(2)17(21)25)9-19-20-16(24)12-8-11(18)4-6-15(12)23/h3-9,23H,1-2H3,(H,20,24)/b19-9+. The van der Waals surface area contributed by atoms with Crippen molar-refractivity contribution in [1.29, 1.82) is 0 Å². The molecule has 0 atom stereocenters. The van der Waals surface area contributed by atoms with Crippen molar-refractivity contribution >= 4 is 39.1 Å². The molecule has 7 nitrogen and oxygen atoms in total. The van der Waals surface area contributed by atoms with Crippen LogP contribution in [0.4, 0.5) is 0 Å². The van der Waals surface area contributed by atoms with Gasteiger partial charge < -0.3 is 5.11 Å². The minimum atomic E-state index is -0.525. The minimum Gasteiger partial charge on any atom is -0.507 e. The second-order valence-corrected chi connectivity index (χ2v) is 6.43. The van der Waals surface area contributed by atoms with Gasteiger partial charge in [-0.3, -0.25) is 13.9 Å². The van der Waals surface area contributed by atoms with Crippen LogP contribution in [0.5, 0.6) is 5.75 Å². The molecule has 1 heterocycles. The summed E-state index contributed by atoms with van der Waals surface area (Å²) in [6.07, 6.45) is 1.48. The van der Waals surface area contributed by atoms with Gasteiger partial charge in [0.25, 0.3) is 5.91 Å². The van der Waals surface area contributed by atoms with Crippen LogP contribution in [0.15, 0.2) is 50.8 Å². The summed E-state index contributed by atoms with van der Waals surface area (Å²) in [6, 6.07) is 9.99. The molecule has 0 radical (unpaired) electrons. The molecule has 0 spiro atoms. The minimum absolute atomic E-state index is 0.109. The first-order valence-corrected chi connectivity index (χ1v) is 8.15. The molecule has 128 valence electrons. The number of phenols is 1. The molecule has 0 saturated heterocycles. The van der Waals surface area contributed by atoms with Crippen molar-refractivity contribution in [2.24, 2.45) is 19.2 Å². The number of imidazole rings is 1. The third kappa shape index (κ3) is 3.20. The van der Waals surface area contributed by atoms with E-state index in [4.69, 9.17) is 0 Å². The molecule has 1 aromatic heterocycles. The van der Waals surface area contributed by atoms with Gasteiger partial charge in [0.2, 0.25) is 0 Å². The third-order valence-corrected chi connectivity index (χ3v) is 4.37. The highest BCUT2D eigenvalue weighted by molar-refractivity contribution is 9.10. The Hall–Kier alpha value is -2.87. The van der Waals surface area contributed by atoms with Crippen molar-refractivity contribution in [1.82, 2.24) is 14.6 Å². The lowest BCUT2D eigenvalue weighted by Gasteiger charge is -2.03. The SMILES string of the molecule is Cn1c(=O)n(C)c2cc(/C=N/NC(=O)c3cc(Br)ccc3O)ccc21. The largest absolute Gasteiger partial charge is 0.507 e. The maximum atomic E-state index is 12.1. The maximum Gasteiger partial charge on any atom is 0.328 e. The molecule has 0 aliphatic rings. The van der Waals surface area contributed by atoms with Gasteiger partial charge in [-0.25, -0.2) is 10.2 Å². The van der Waals surface area contributed by atoms with E-state index < -0.39 is 5.91 Å². The summed E-state index contributed by atoms with van der Waals surface area (Å²) in [5.74, 6) is -0.653. The molecule has 0 saturated carbocycles. The van der Waals surface area contributed by atoms with E-state index in [1.165, 1.54) is 18.3 Å². The van der Waals surface area contributed by atoms with Crippen LogP contribution in [0.1, 0.15) is 15.9 Å². The highest BCUT2D eigenvalue weighted by Gasteiger charge is 2.11. The molecule has 3 aromatic rings. The van der Waals surface area contributed by atoms with E-state index >= 15 is 0 Å². The van der Waals surface area contributed by atoms with Gasteiger partial charge in [0.1, 0.15) is 5.75 Å². The number of hydrogen-bond donors (Lipinski definition) is 2. The van der Waals surface area contributed by atoms with Crippen molar-refractivity contribution in [3.05, 3.63) is 62.5 Å². The number of amides is 1. The molecule has 25 heavy (non-hydrogen) atoms. The molecular weight excluding hydrogens is 388 g/mol. The van der Waals surface area contributed by atoms with Crippen LogP contribution in [0.25, 0.3) is 11.0 Å². The predicted octanol–water partition coefficient (Wildman–Crippen LogP) is 2.11. The molecule has 1 amide bonds. The van der Waals surface area contributed by atoms with Crippen molar-refractivity contribution in [2.45, 2.75) is 0 Å². The molecule has 0 unspecified atom stereocenters. The Labute approximate surface area is 151 Å². The van der Waals surface area contributed by atoms with Gasteiger partial charge >= 0.3 is 5.69 Å². The molecule has 8 heteroatoms. The number of aromatic nitrogens is 2. The lowest BCUT2D eigenvalue weighted by atomic mass is 10.2. The van der Waals surface area contributed by atoms with E-state index in [9.17, 15) is 14.7 Å². The first kappa shape index (κ1) is 17.0. The number of aromatic hydroxyl groups is 1. The van der Waals surface area contributed by atoms with Gasteiger partial charge in [-0.1, -0.05) is 22.0 Å². The molecule has 2 N–H and O–H groups in total. The quantitative estimate of drug-likeness (QED) is 0.519. The summed E-state index contributed by atoms with van der Waals surface area (Å²) in [4.78, 5) is 24.0. The van der Waals surface area contributed by atoms with Crippen molar-refractivity contribution in [2.75, 3.05) is 0 Å². The van der Waals surface area contributed by atoms with Crippen molar-refractivity contribution in [3.63, 3.8) is 0 Å². The lowest BCUT2D eigenvalue weighted by molar-refractivity contribution is 0.0952. The second-order valence-electron chi connectivity index (χ2n) is 5.51. The van der Waals surface area contributed by atoms with Gasteiger partial charge in [0.15, 0.2) is 0 Å². The third-order valence-electron chi connectivity index (χ3n) is 3.88. The van der Waals surface area contributed by atoms with Crippen LogP contribution < -0.4 is 11.1 Å². The van der Waals surface area contributed by atoms with E-state index in [0.29, 0.717) is 4.47 Å². The Kier molecular flexibility index (Phi) is 4.45. The topological polar surface area (TPSA) is 88.6 Å². The number of phenolic OH excluding ortho intramolecular Hbond substituents is 1. The molecular formula is C17H15BrN4O3. The van der Waals surface area contributed by atoms with E-state index in [1.807, 2.05) is 12.1 Å². The molecule has 2 aromatic carbocycles. The van der Waals surface area contributed by atoms with Crippen LogP contribution in [0.2, 0.25) is 0 Å². The highest BCUT2D eigenvalue weighted by Crippen LogP contribution is 2.21. The maximum absolute atomic E-state index is 12.1. The first-order chi connectivity index (χ1) is 11.9. The molecule has 0 bridgehead atoms.